The van der Waals surface area contributed by atoms with Crippen molar-refractivity contribution in [1.29, 1.82) is 0 Å². The van der Waals surface area contributed by atoms with E-state index < -0.39 is 28.1 Å². The first-order valence-corrected chi connectivity index (χ1v) is 11.8. The second-order valence-corrected chi connectivity index (χ2v) is 9.06. The van der Waals surface area contributed by atoms with Crippen molar-refractivity contribution in [2.24, 2.45) is 0 Å². The number of sulfonamides is 1. The Morgan fingerprint density at radius 2 is 1.50 bits per heavy atom. The highest BCUT2D eigenvalue weighted by Crippen LogP contribution is 2.25. The van der Waals surface area contributed by atoms with Gasteiger partial charge in [-0.3, -0.25) is 4.72 Å². The Bertz CT molecular complexity index is 1090. The summed E-state index contributed by atoms with van der Waals surface area (Å²) in [5.41, 5.74) is 0.135. The number of benzene rings is 1. The van der Waals surface area contributed by atoms with Gasteiger partial charge in [-0.25, -0.2) is 23.0 Å². The number of carbonyl (C=O) groups is 2. The van der Waals surface area contributed by atoms with Gasteiger partial charge in [0.15, 0.2) is 0 Å². The molecular weight excluding hydrogens is 479 g/mol. The van der Waals surface area contributed by atoms with Crippen LogP contribution in [0, 0.1) is 0 Å². The molecule has 3 N–H and O–H groups in total. The number of hydrogen-bond acceptors (Lipinski definition) is 6. The molecule has 9 nitrogen and oxygen atoms in total. The van der Waals surface area contributed by atoms with Gasteiger partial charge < -0.3 is 15.1 Å². The van der Waals surface area contributed by atoms with Crippen LogP contribution >= 0.6 is 0 Å². The van der Waals surface area contributed by atoms with E-state index in [1.165, 1.54) is 30.8 Å². The number of nitrogens with zero attached hydrogens (tertiary/aromatic N) is 2. The predicted molar refractivity (Wildman–Crippen MR) is 117 cm³/mol. The number of rotatable bonds is 5. The molecule has 1 aromatic heterocycles. The largest absolute Gasteiger partial charge is 0.490 e. The van der Waals surface area contributed by atoms with Crippen molar-refractivity contribution < 1.29 is 41.4 Å². The van der Waals surface area contributed by atoms with Crippen LogP contribution in [0.5, 0.6) is 0 Å². The van der Waals surface area contributed by atoms with Crippen molar-refractivity contribution in [2.45, 2.75) is 43.2 Å². The zero-order valence-corrected chi connectivity index (χ0v) is 18.8. The molecule has 1 fully saturated rings. The Morgan fingerprint density at radius 1 is 0.971 bits per heavy atom. The van der Waals surface area contributed by atoms with E-state index in [0.717, 1.165) is 38.8 Å². The van der Waals surface area contributed by atoms with Crippen molar-refractivity contribution in [3.63, 3.8) is 0 Å². The van der Waals surface area contributed by atoms with Gasteiger partial charge in [-0.05, 0) is 31.0 Å². The lowest BCUT2D eigenvalue weighted by molar-refractivity contribution is -0.192. The number of halogens is 3. The van der Waals surface area contributed by atoms with Gasteiger partial charge in [-0.2, -0.15) is 13.2 Å². The number of aromatic nitrogens is 1. The summed E-state index contributed by atoms with van der Waals surface area (Å²) in [6, 6.07) is 9.26. The third-order valence-electron chi connectivity index (χ3n) is 4.80. The van der Waals surface area contributed by atoms with Gasteiger partial charge in [-0.15, -0.1) is 0 Å². The van der Waals surface area contributed by atoms with E-state index in [-0.39, 0.29) is 16.1 Å². The number of carboxylic acids is 2. The molecule has 1 saturated heterocycles. The molecule has 0 radical (unpaired) electrons. The zero-order chi connectivity index (χ0) is 25.4. The highest BCUT2D eigenvalue weighted by atomic mass is 32.2. The van der Waals surface area contributed by atoms with E-state index in [9.17, 15) is 31.5 Å². The molecule has 3 rings (SSSR count). The molecule has 1 aromatic carbocycles. The minimum atomic E-state index is -5.08. The molecule has 0 aliphatic carbocycles. The number of pyridine rings is 1. The fourth-order valence-corrected chi connectivity index (χ4v) is 4.25. The number of aliphatic carboxylic acids is 1. The summed E-state index contributed by atoms with van der Waals surface area (Å²) in [6.07, 6.45) is 1.71. The topological polar surface area (TPSA) is 137 Å². The third-order valence-corrected chi connectivity index (χ3v) is 6.20. The molecule has 0 atom stereocenters. The van der Waals surface area contributed by atoms with Gasteiger partial charge in [-0.1, -0.05) is 37.5 Å². The average molecular weight is 503 g/mol. The van der Waals surface area contributed by atoms with Gasteiger partial charge in [0.2, 0.25) is 0 Å². The van der Waals surface area contributed by atoms with Crippen molar-refractivity contribution in [2.75, 3.05) is 22.7 Å². The lowest BCUT2D eigenvalue weighted by Gasteiger charge is -2.27. The first-order valence-electron chi connectivity index (χ1n) is 10.3. The van der Waals surface area contributed by atoms with E-state index in [1.807, 2.05) is 4.90 Å². The van der Waals surface area contributed by atoms with Crippen LogP contribution in [0.1, 0.15) is 42.5 Å². The van der Waals surface area contributed by atoms with Crippen molar-refractivity contribution in [3.05, 3.63) is 48.2 Å². The van der Waals surface area contributed by atoms with Crippen molar-refractivity contribution >= 4 is 33.5 Å². The van der Waals surface area contributed by atoms with Gasteiger partial charge in [0.25, 0.3) is 10.0 Å². The van der Waals surface area contributed by atoms with Crippen LogP contribution < -0.4 is 9.62 Å². The molecule has 1 aliphatic rings. The van der Waals surface area contributed by atoms with Gasteiger partial charge in [0, 0.05) is 13.1 Å². The van der Waals surface area contributed by atoms with E-state index in [4.69, 9.17) is 9.90 Å². The first-order chi connectivity index (χ1) is 15.9. The maximum absolute atomic E-state index is 12.5. The minimum Gasteiger partial charge on any atom is -0.478 e. The Balaban J connectivity index is 0.000000509. The minimum absolute atomic E-state index is 0.00355. The van der Waals surface area contributed by atoms with E-state index in [1.54, 1.807) is 18.2 Å². The summed E-state index contributed by atoms with van der Waals surface area (Å²) >= 11 is 0. The monoisotopic (exact) mass is 503 g/mol. The summed E-state index contributed by atoms with van der Waals surface area (Å²) in [6.45, 7) is 1.50. The molecular formula is C21H24F3N3O6S. The second kappa shape index (κ2) is 11.7. The van der Waals surface area contributed by atoms with Crippen molar-refractivity contribution in [1.82, 2.24) is 4.98 Å². The van der Waals surface area contributed by atoms with Crippen LogP contribution in [0.2, 0.25) is 0 Å². The summed E-state index contributed by atoms with van der Waals surface area (Å²) in [5.74, 6) is -3.49. The van der Waals surface area contributed by atoms with Gasteiger partial charge in [0.05, 0.1) is 16.8 Å². The quantitative estimate of drug-likeness (QED) is 0.557. The van der Waals surface area contributed by atoms with Crippen LogP contribution in [-0.2, 0) is 14.8 Å². The smallest absolute Gasteiger partial charge is 0.478 e. The number of nitrogens with one attached hydrogen (secondary N) is 1. The van der Waals surface area contributed by atoms with E-state index in [0.29, 0.717) is 5.82 Å². The molecule has 0 amide bonds. The summed E-state index contributed by atoms with van der Waals surface area (Å²) in [5, 5.41) is 16.7. The summed E-state index contributed by atoms with van der Waals surface area (Å²) in [4.78, 5) is 27.0. The number of aromatic carboxylic acids is 1. The maximum Gasteiger partial charge on any atom is 0.490 e. The molecule has 2 aromatic rings. The second-order valence-electron chi connectivity index (χ2n) is 7.38. The van der Waals surface area contributed by atoms with Crippen LogP contribution in [0.15, 0.2) is 47.5 Å². The van der Waals surface area contributed by atoms with Crippen LogP contribution in [0.3, 0.4) is 0 Å². The van der Waals surface area contributed by atoms with Crippen LogP contribution in [0.25, 0.3) is 0 Å². The Morgan fingerprint density at radius 3 is 2.00 bits per heavy atom. The number of anilines is 2. The van der Waals surface area contributed by atoms with Crippen LogP contribution in [-0.4, -0.2) is 54.8 Å². The predicted octanol–water partition coefficient (Wildman–Crippen LogP) is 3.98. The summed E-state index contributed by atoms with van der Waals surface area (Å²) < 4.78 is 59.1. The third kappa shape index (κ3) is 7.90. The van der Waals surface area contributed by atoms with Crippen molar-refractivity contribution in [3.8, 4) is 0 Å². The first kappa shape index (κ1) is 26.9. The highest BCUT2D eigenvalue weighted by Gasteiger charge is 2.38. The maximum atomic E-state index is 12.5. The fraction of sp³-hybridized carbons (Fsp3) is 0.381. The molecule has 0 bridgehead atoms. The zero-order valence-electron chi connectivity index (χ0n) is 18.0. The normalized spacial score (nSPS) is 14.7. The SMILES string of the molecule is O=C(O)C(F)(F)F.O=C(O)c1cc(NS(=O)(=O)c2ccccc2)cnc1N1CCCCCCC1. The summed E-state index contributed by atoms with van der Waals surface area (Å²) in [7, 11) is -3.80. The lowest BCUT2D eigenvalue weighted by atomic mass is 10.1. The Hall–Kier alpha value is -3.35. The number of hydrogen-bond donors (Lipinski definition) is 3. The van der Waals surface area contributed by atoms with Gasteiger partial charge >= 0.3 is 18.1 Å². The molecule has 0 unspecified atom stereocenters. The standard InChI is InChI=1S/C19H23N3O4S.C2HF3O2/c23-19(24)17-13-15(21-27(25,26)16-9-5-4-6-10-16)14-20-18(17)22-11-7-2-1-3-8-12-22;3-2(4,5)1(6)7/h4-6,9-10,13-14,21H,1-3,7-8,11-12H2,(H,23,24);(H,6,7). The molecule has 34 heavy (non-hydrogen) atoms. The lowest BCUT2D eigenvalue weighted by Crippen LogP contribution is -2.29. The van der Waals surface area contributed by atoms with E-state index in [2.05, 4.69) is 9.71 Å². The Kier molecular flexibility index (Phi) is 9.24. The fourth-order valence-electron chi connectivity index (χ4n) is 3.20. The van der Waals surface area contributed by atoms with Crippen LogP contribution in [0.4, 0.5) is 24.7 Å². The highest BCUT2D eigenvalue weighted by molar-refractivity contribution is 7.92. The average Bonchev–Trinajstić information content (AvgIpc) is 2.74. The molecule has 13 heteroatoms. The Labute approximate surface area is 194 Å². The number of alkyl halides is 3. The molecule has 0 saturated carbocycles. The molecule has 0 spiro atoms. The van der Waals surface area contributed by atoms with E-state index >= 15 is 0 Å². The van der Waals surface area contributed by atoms with Gasteiger partial charge in [0.1, 0.15) is 11.4 Å². The molecule has 2 heterocycles. The number of carboxylic acid groups (broad SMARTS) is 2. The molecule has 1 aliphatic heterocycles. The molecule has 186 valence electrons.